The summed E-state index contributed by atoms with van der Waals surface area (Å²) in [5.41, 5.74) is 3.42. The van der Waals surface area contributed by atoms with Crippen molar-refractivity contribution in [1.29, 1.82) is 0 Å². The summed E-state index contributed by atoms with van der Waals surface area (Å²) < 4.78 is 5.71. The molecule has 0 bridgehead atoms. The average Bonchev–Trinajstić information content (AvgIpc) is 2.86. The lowest BCUT2D eigenvalue weighted by Crippen LogP contribution is -1.90. The molecule has 20 heavy (non-hydrogen) atoms. The van der Waals surface area contributed by atoms with Gasteiger partial charge >= 0.3 is 0 Å². The summed E-state index contributed by atoms with van der Waals surface area (Å²) in [5, 5.41) is 5.40. The number of fused-ring (bicyclic) bond motifs is 3. The van der Waals surface area contributed by atoms with Crippen molar-refractivity contribution in [2.45, 2.75) is 0 Å². The third-order valence-electron chi connectivity index (χ3n) is 3.20. The molecule has 1 N–H and O–H groups in total. The molecule has 4 rings (SSSR count). The highest BCUT2D eigenvalue weighted by molar-refractivity contribution is 6.04. The number of para-hydroxylation sites is 1. The quantitative estimate of drug-likeness (QED) is 0.589. The lowest BCUT2D eigenvalue weighted by Gasteiger charge is -2.04. The highest BCUT2D eigenvalue weighted by Crippen LogP contribution is 2.29. The zero-order valence-electron chi connectivity index (χ0n) is 10.6. The van der Waals surface area contributed by atoms with Gasteiger partial charge in [-0.2, -0.15) is 0 Å². The number of anilines is 2. The van der Waals surface area contributed by atoms with Crippen LogP contribution in [0.2, 0.25) is 0 Å². The van der Waals surface area contributed by atoms with Crippen LogP contribution < -0.4 is 5.32 Å². The topological polar surface area (TPSA) is 51.0 Å². The van der Waals surface area contributed by atoms with Crippen LogP contribution in [0.15, 0.2) is 65.5 Å². The third-order valence-corrected chi connectivity index (χ3v) is 3.20. The zero-order chi connectivity index (χ0) is 13.4. The molecule has 0 saturated heterocycles. The fraction of sp³-hybridized carbons (Fsp3) is 0. The second-order valence-corrected chi connectivity index (χ2v) is 4.54. The molecule has 1 aromatic carbocycles. The number of furan rings is 1. The van der Waals surface area contributed by atoms with Crippen LogP contribution in [0.5, 0.6) is 0 Å². The summed E-state index contributed by atoms with van der Waals surface area (Å²) in [4.78, 5) is 8.37. The highest BCUT2D eigenvalue weighted by atomic mass is 16.3. The molecule has 0 amide bonds. The normalized spacial score (nSPS) is 11.0. The van der Waals surface area contributed by atoms with Crippen molar-refractivity contribution in [2.75, 3.05) is 5.32 Å². The molecule has 3 aromatic heterocycles. The van der Waals surface area contributed by atoms with Crippen LogP contribution in [-0.2, 0) is 0 Å². The molecule has 0 unspecified atom stereocenters. The Labute approximate surface area is 115 Å². The van der Waals surface area contributed by atoms with Gasteiger partial charge in [0, 0.05) is 23.5 Å². The monoisotopic (exact) mass is 261 g/mol. The van der Waals surface area contributed by atoms with Crippen LogP contribution in [0.25, 0.3) is 22.1 Å². The average molecular weight is 261 g/mol. The smallest absolute Gasteiger partial charge is 0.227 e. The van der Waals surface area contributed by atoms with Gasteiger partial charge in [-0.25, -0.2) is 4.98 Å². The molecule has 96 valence electrons. The first-order chi connectivity index (χ1) is 9.90. The van der Waals surface area contributed by atoms with Crippen LogP contribution in [0, 0.1) is 0 Å². The maximum Gasteiger partial charge on any atom is 0.227 e. The molecule has 0 radical (unpaired) electrons. The Morgan fingerprint density at radius 3 is 2.65 bits per heavy atom. The van der Waals surface area contributed by atoms with E-state index in [9.17, 15) is 0 Å². The van der Waals surface area contributed by atoms with Gasteiger partial charge in [-0.1, -0.05) is 18.2 Å². The molecule has 0 aliphatic heterocycles. The van der Waals surface area contributed by atoms with E-state index in [1.807, 2.05) is 36.4 Å². The van der Waals surface area contributed by atoms with Crippen molar-refractivity contribution in [3.05, 3.63) is 61.1 Å². The van der Waals surface area contributed by atoms with Crippen molar-refractivity contribution >= 4 is 33.4 Å². The Balaban J connectivity index is 1.83. The summed E-state index contributed by atoms with van der Waals surface area (Å²) >= 11 is 0. The van der Waals surface area contributed by atoms with Gasteiger partial charge in [0.05, 0.1) is 17.3 Å². The number of nitrogens with one attached hydrogen (secondary N) is 1. The fourth-order valence-electron chi connectivity index (χ4n) is 2.28. The fourth-order valence-corrected chi connectivity index (χ4v) is 2.28. The molecule has 4 nitrogen and oxygen atoms in total. The third kappa shape index (κ3) is 1.78. The molecule has 4 heteroatoms. The first-order valence-corrected chi connectivity index (χ1v) is 6.34. The highest BCUT2D eigenvalue weighted by Gasteiger charge is 2.08. The van der Waals surface area contributed by atoms with Crippen LogP contribution in [0.4, 0.5) is 11.4 Å². The molecule has 0 fully saturated rings. The van der Waals surface area contributed by atoms with E-state index in [1.54, 1.807) is 18.6 Å². The molecule has 0 aliphatic rings. The Morgan fingerprint density at radius 1 is 0.900 bits per heavy atom. The number of aromatic nitrogens is 2. The van der Waals surface area contributed by atoms with E-state index in [0.717, 1.165) is 27.7 Å². The number of hydrogen-bond donors (Lipinski definition) is 1. The van der Waals surface area contributed by atoms with Gasteiger partial charge in [0.25, 0.3) is 0 Å². The summed E-state index contributed by atoms with van der Waals surface area (Å²) in [6, 6.07) is 13.8. The SMILES string of the molecule is c1ccc2c(c1)oc1ncc(Nc3ccncc3)cc12. The van der Waals surface area contributed by atoms with E-state index in [4.69, 9.17) is 4.42 Å². The molecule has 4 aromatic rings. The minimum atomic E-state index is 0.659. The van der Waals surface area contributed by atoms with Crippen LogP contribution in [-0.4, -0.2) is 9.97 Å². The first-order valence-electron chi connectivity index (χ1n) is 6.34. The molecule has 0 aliphatic carbocycles. The number of pyridine rings is 2. The maximum atomic E-state index is 5.71. The lowest BCUT2D eigenvalue weighted by molar-refractivity contribution is 0.654. The molecule has 3 heterocycles. The molecule has 0 saturated carbocycles. The predicted molar refractivity (Wildman–Crippen MR) is 79.0 cm³/mol. The summed E-state index contributed by atoms with van der Waals surface area (Å²) in [6.07, 6.45) is 5.27. The molecule has 0 atom stereocenters. The Morgan fingerprint density at radius 2 is 1.75 bits per heavy atom. The maximum absolute atomic E-state index is 5.71. The Hall–Kier alpha value is -2.88. The van der Waals surface area contributed by atoms with Crippen molar-refractivity contribution in [3.63, 3.8) is 0 Å². The van der Waals surface area contributed by atoms with Crippen molar-refractivity contribution in [3.8, 4) is 0 Å². The van der Waals surface area contributed by atoms with E-state index in [2.05, 4.69) is 21.4 Å². The minimum absolute atomic E-state index is 0.659. The first kappa shape index (κ1) is 11.0. The second kappa shape index (κ2) is 4.35. The number of nitrogens with zero attached hydrogens (tertiary/aromatic N) is 2. The van der Waals surface area contributed by atoms with Gasteiger partial charge in [0.15, 0.2) is 0 Å². The summed E-state index contributed by atoms with van der Waals surface area (Å²) in [5.74, 6) is 0. The number of rotatable bonds is 2. The summed E-state index contributed by atoms with van der Waals surface area (Å²) in [7, 11) is 0. The number of benzene rings is 1. The predicted octanol–water partition coefficient (Wildman–Crippen LogP) is 4.12. The van der Waals surface area contributed by atoms with Gasteiger partial charge in [0.1, 0.15) is 5.58 Å². The minimum Gasteiger partial charge on any atom is -0.438 e. The molecule has 0 spiro atoms. The van der Waals surface area contributed by atoms with Gasteiger partial charge < -0.3 is 9.73 Å². The second-order valence-electron chi connectivity index (χ2n) is 4.54. The van der Waals surface area contributed by atoms with Crippen LogP contribution in [0.3, 0.4) is 0 Å². The van der Waals surface area contributed by atoms with Gasteiger partial charge in [0.2, 0.25) is 5.71 Å². The number of hydrogen-bond acceptors (Lipinski definition) is 4. The standard InChI is InChI=1S/C16H11N3O/c1-2-4-15-13(3-1)14-9-12(10-18-16(14)20-15)19-11-5-7-17-8-6-11/h1-10H,(H,17,19). The molecular weight excluding hydrogens is 250 g/mol. The van der Waals surface area contributed by atoms with Crippen molar-refractivity contribution in [1.82, 2.24) is 9.97 Å². The zero-order valence-corrected chi connectivity index (χ0v) is 10.6. The Kier molecular flexibility index (Phi) is 2.39. The van der Waals surface area contributed by atoms with Crippen LogP contribution >= 0.6 is 0 Å². The van der Waals surface area contributed by atoms with E-state index >= 15 is 0 Å². The van der Waals surface area contributed by atoms with E-state index in [0.29, 0.717) is 5.71 Å². The van der Waals surface area contributed by atoms with Crippen LogP contribution in [0.1, 0.15) is 0 Å². The van der Waals surface area contributed by atoms with Gasteiger partial charge in [-0.15, -0.1) is 0 Å². The Bertz CT molecular complexity index is 884. The van der Waals surface area contributed by atoms with Gasteiger partial charge in [-0.3, -0.25) is 4.98 Å². The van der Waals surface area contributed by atoms with E-state index in [-0.39, 0.29) is 0 Å². The van der Waals surface area contributed by atoms with E-state index < -0.39 is 0 Å². The summed E-state index contributed by atoms with van der Waals surface area (Å²) in [6.45, 7) is 0. The van der Waals surface area contributed by atoms with Crippen molar-refractivity contribution in [2.24, 2.45) is 0 Å². The lowest BCUT2D eigenvalue weighted by atomic mass is 10.2. The molecular formula is C16H11N3O. The van der Waals surface area contributed by atoms with Gasteiger partial charge in [-0.05, 0) is 24.3 Å². The van der Waals surface area contributed by atoms with Crippen molar-refractivity contribution < 1.29 is 4.42 Å². The largest absolute Gasteiger partial charge is 0.438 e. The van der Waals surface area contributed by atoms with E-state index in [1.165, 1.54) is 0 Å².